The number of amides is 2. The number of hydrogen-bond donors (Lipinski definition) is 1. The smallest absolute Gasteiger partial charge is 0.270 e. The lowest BCUT2D eigenvalue weighted by Gasteiger charge is -2.39. The molecular formula is C30H36N4O3S. The van der Waals surface area contributed by atoms with Gasteiger partial charge >= 0.3 is 0 Å². The minimum Gasteiger partial charge on any atom is -0.486 e. The van der Waals surface area contributed by atoms with E-state index in [0.717, 1.165) is 47.9 Å². The van der Waals surface area contributed by atoms with Gasteiger partial charge in [0, 0.05) is 30.9 Å². The van der Waals surface area contributed by atoms with Crippen molar-refractivity contribution in [2.24, 2.45) is 5.92 Å². The van der Waals surface area contributed by atoms with E-state index in [1.165, 1.54) is 29.7 Å². The lowest BCUT2D eigenvalue weighted by molar-refractivity contribution is -0.136. The summed E-state index contributed by atoms with van der Waals surface area (Å²) >= 11 is 1.43. The Morgan fingerprint density at radius 3 is 2.66 bits per heavy atom. The van der Waals surface area contributed by atoms with E-state index in [4.69, 9.17) is 4.74 Å². The van der Waals surface area contributed by atoms with Gasteiger partial charge in [-0.1, -0.05) is 50.2 Å². The molecule has 0 bridgehead atoms. The topological polar surface area (TPSA) is 74.8 Å². The van der Waals surface area contributed by atoms with Crippen LogP contribution in [0.2, 0.25) is 0 Å². The first-order valence-corrected chi connectivity index (χ1v) is 14.4. The molecule has 2 aliphatic heterocycles. The highest BCUT2D eigenvalue weighted by Gasteiger charge is 2.33. The number of carbonyl (C=O) groups is 2. The molecule has 0 unspecified atom stereocenters. The zero-order chi connectivity index (χ0) is 26.5. The van der Waals surface area contributed by atoms with E-state index in [1.807, 2.05) is 43.0 Å². The maximum Gasteiger partial charge on any atom is 0.270 e. The molecule has 8 heteroatoms. The van der Waals surface area contributed by atoms with Gasteiger partial charge in [0.2, 0.25) is 5.91 Å². The third-order valence-electron chi connectivity index (χ3n) is 7.30. The monoisotopic (exact) mass is 532 g/mol. The SMILES string of the molecule is CC(C)C(=O)N1CCc2ccc(OCc3nc(C(=O)NCCN4CCCC4)cs3)cc2[C@H]1c1ccccc1. The summed E-state index contributed by atoms with van der Waals surface area (Å²) < 4.78 is 6.13. The first kappa shape index (κ1) is 26.4. The molecule has 1 aromatic heterocycles. The molecule has 0 spiro atoms. The molecule has 1 saturated heterocycles. The summed E-state index contributed by atoms with van der Waals surface area (Å²) in [4.78, 5) is 34.5. The molecule has 200 valence electrons. The van der Waals surface area contributed by atoms with Gasteiger partial charge in [0.25, 0.3) is 5.91 Å². The Kier molecular flexibility index (Phi) is 8.39. The van der Waals surface area contributed by atoms with Crippen molar-refractivity contribution in [1.29, 1.82) is 0 Å². The van der Waals surface area contributed by atoms with Crippen LogP contribution in [0.25, 0.3) is 0 Å². The predicted molar refractivity (Wildman–Crippen MR) is 149 cm³/mol. The van der Waals surface area contributed by atoms with Gasteiger partial charge in [-0.15, -0.1) is 11.3 Å². The molecule has 2 amide bonds. The van der Waals surface area contributed by atoms with Crippen LogP contribution >= 0.6 is 11.3 Å². The molecule has 2 aromatic carbocycles. The van der Waals surface area contributed by atoms with Crippen molar-refractivity contribution in [3.63, 3.8) is 0 Å². The number of thiazole rings is 1. The number of carbonyl (C=O) groups excluding carboxylic acids is 2. The van der Waals surface area contributed by atoms with E-state index in [0.29, 0.717) is 18.8 Å². The largest absolute Gasteiger partial charge is 0.486 e. The van der Waals surface area contributed by atoms with Crippen LogP contribution < -0.4 is 10.1 Å². The van der Waals surface area contributed by atoms with Crippen molar-refractivity contribution in [2.75, 3.05) is 32.7 Å². The molecular weight excluding hydrogens is 496 g/mol. The number of aromatic nitrogens is 1. The molecule has 0 saturated carbocycles. The number of nitrogens with zero attached hydrogens (tertiary/aromatic N) is 3. The molecule has 0 aliphatic carbocycles. The summed E-state index contributed by atoms with van der Waals surface area (Å²) in [7, 11) is 0. The summed E-state index contributed by atoms with van der Waals surface area (Å²) in [6.45, 7) is 8.65. The summed E-state index contributed by atoms with van der Waals surface area (Å²) in [5.41, 5.74) is 3.87. The number of ether oxygens (including phenoxy) is 1. The minimum atomic E-state index is -0.144. The maximum atomic E-state index is 13.1. The number of fused-ring (bicyclic) bond motifs is 1. The molecule has 1 atom stereocenters. The average Bonchev–Trinajstić information content (AvgIpc) is 3.64. The molecule has 5 rings (SSSR count). The number of nitrogens with one attached hydrogen (secondary N) is 1. The van der Waals surface area contributed by atoms with E-state index in [2.05, 4.69) is 39.5 Å². The molecule has 7 nitrogen and oxygen atoms in total. The lowest BCUT2D eigenvalue weighted by Crippen LogP contribution is -2.42. The van der Waals surface area contributed by atoms with E-state index >= 15 is 0 Å². The first-order chi connectivity index (χ1) is 18.5. The average molecular weight is 533 g/mol. The van der Waals surface area contributed by atoms with E-state index < -0.39 is 0 Å². The second kappa shape index (κ2) is 12.1. The first-order valence-electron chi connectivity index (χ1n) is 13.6. The molecule has 3 heterocycles. The van der Waals surface area contributed by atoms with Gasteiger partial charge in [-0.25, -0.2) is 4.98 Å². The Hall–Kier alpha value is -3.23. The normalized spacial score (nSPS) is 17.4. The Morgan fingerprint density at radius 1 is 1.11 bits per heavy atom. The highest BCUT2D eigenvalue weighted by atomic mass is 32.1. The fraction of sp³-hybridized carbons (Fsp3) is 0.433. The van der Waals surface area contributed by atoms with Crippen molar-refractivity contribution in [3.05, 3.63) is 81.3 Å². The summed E-state index contributed by atoms with van der Waals surface area (Å²) in [5.74, 6) is 0.681. The maximum absolute atomic E-state index is 13.1. The number of likely N-dealkylation sites (tertiary alicyclic amines) is 1. The predicted octanol–water partition coefficient (Wildman–Crippen LogP) is 4.68. The van der Waals surface area contributed by atoms with Crippen LogP contribution in [0, 0.1) is 5.92 Å². The van der Waals surface area contributed by atoms with Crippen LogP contribution in [0.5, 0.6) is 5.75 Å². The Bertz CT molecular complexity index is 1250. The van der Waals surface area contributed by atoms with Crippen molar-refractivity contribution >= 4 is 23.2 Å². The van der Waals surface area contributed by atoms with Crippen molar-refractivity contribution < 1.29 is 14.3 Å². The van der Waals surface area contributed by atoms with Crippen LogP contribution in [-0.4, -0.2) is 59.3 Å². The van der Waals surface area contributed by atoms with Crippen LogP contribution in [0.1, 0.15) is 64.9 Å². The Morgan fingerprint density at radius 2 is 1.89 bits per heavy atom. The third kappa shape index (κ3) is 6.08. The van der Waals surface area contributed by atoms with Crippen molar-refractivity contribution in [3.8, 4) is 5.75 Å². The zero-order valence-corrected chi connectivity index (χ0v) is 23.0. The fourth-order valence-corrected chi connectivity index (χ4v) is 5.98. The minimum absolute atomic E-state index is 0.0706. The van der Waals surface area contributed by atoms with Crippen LogP contribution in [0.15, 0.2) is 53.9 Å². The van der Waals surface area contributed by atoms with Gasteiger partial charge in [0.15, 0.2) is 0 Å². The van der Waals surface area contributed by atoms with Crippen LogP contribution in [0.4, 0.5) is 0 Å². The Balaban J connectivity index is 1.26. The van der Waals surface area contributed by atoms with Crippen molar-refractivity contribution in [1.82, 2.24) is 20.1 Å². The van der Waals surface area contributed by atoms with Gasteiger partial charge in [-0.3, -0.25) is 9.59 Å². The van der Waals surface area contributed by atoms with Gasteiger partial charge < -0.3 is 19.9 Å². The summed E-state index contributed by atoms with van der Waals surface area (Å²) in [5, 5.41) is 5.52. The van der Waals surface area contributed by atoms with E-state index in [1.54, 1.807) is 5.38 Å². The standard InChI is InChI=1S/C30H36N4O3S/c1-21(2)30(36)34-16-12-22-10-11-24(18-25(22)28(34)23-8-4-3-5-9-23)37-19-27-32-26(20-38-27)29(35)31-13-17-33-14-6-7-15-33/h3-5,8-11,18,20-21,28H,6-7,12-17,19H2,1-2H3,(H,31,35)/t28-/m1/s1. The zero-order valence-electron chi connectivity index (χ0n) is 22.2. The number of benzene rings is 2. The van der Waals surface area contributed by atoms with Crippen molar-refractivity contribution in [2.45, 2.75) is 45.8 Å². The van der Waals surface area contributed by atoms with Gasteiger partial charge in [0.05, 0.1) is 6.04 Å². The summed E-state index contributed by atoms with van der Waals surface area (Å²) in [6, 6.07) is 16.2. The highest BCUT2D eigenvalue weighted by molar-refractivity contribution is 7.09. The molecule has 3 aromatic rings. The van der Waals surface area contributed by atoms with Gasteiger partial charge in [0.1, 0.15) is 23.1 Å². The van der Waals surface area contributed by atoms with Gasteiger partial charge in [-0.05, 0) is 61.2 Å². The molecule has 38 heavy (non-hydrogen) atoms. The third-order valence-corrected chi connectivity index (χ3v) is 8.12. The summed E-state index contributed by atoms with van der Waals surface area (Å²) in [6.07, 6.45) is 3.31. The van der Waals surface area contributed by atoms with E-state index in [-0.39, 0.29) is 30.4 Å². The van der Waals surface area contributed by atoms with Gasteiger partial charge in [-0.2, -0.15) is 0 Å². The molecule has 1 N–H and O–H groups in total. The van der Waals surface area contributed by atoms with Crippen LogP contribution in [-0.2, 0) is 17.8 Å². The second-order valence-corrected chi connectivity index (χ2v) is 11.3. The van der Waals surface area contributed by atoms with E-state index in [9.17, 15) is 9.59 Å². The number of hydrogen-bond acceptors (Lipinski definition) is 6. The number of rotatable bonds is 9. The fourth-order valence-electron chi connectivity index (χ4n) is 5.30. The lowest BCUT2D eigenvalue weighted by atomic mass is 9.87. The molecule has 0 radical (unpaired) electrons. The second-order valence-electron chi connectivity index (χ2n) is 10.3. The van der Waals surface area contributed by atoms with Crippen LogP contribution in [0.3, 0.4) is 0 Å². The molecule has 2 aliphatic rings. The molecule has 1 fully saturated rings. The highest BCUT2D eigenvalue weighted by Crippen LogP contribution is 2.38. The Labute approximate surface area is 228 Å². The quantitative estimate of drug-likeness (QED) is 0.433.